The molecular formula is C29H28N4O4S2. The van der Waals surface area contributed by atoms with E-state index in [0.29, 0.717) is 29.0 Å². The van der Waals surface area contributed by atoms with Gasteiger partial charge in [0.2, 0.25) is 0 Å². The lowest BCUT2D eigenvalue weighted by Crippen LogP contribution is -2.30. The van der Waals surface area contributed by atoms with Crippen LogP contribution in [0.4, 0.5) is 11.4 Å². The summed E-state index contributed by atoms with van der Waals surface area (Å²) >= 11 is 1.54. The number of amides is 2. The number of nitrogens with zero attached hydrogens (tertiary/aromatic N) is 2. The predicted molar refractivity (Wildman–Crippen MR) is 155 cm³/mol. The van der Waals surface area contributed by atoms with Gasteiger partial charge < -0.3 is 10.6 Å². The lowest BCUT2D eigenvalue weighted by Gasteiger charge is -2.23. The number of hydrogen-bond donors (Lipinski definition) is 2. The summed E-state index contributed by atoms with van der Waals surface area (Å²) in [6.07, 6.45) is 5.26. The highest BCUT2D eigenvalue weighted by Gasteiger charge is 2.24. The van der Waals surface area contributed by atoms with Crippen molar-refractivity contribution in [3.8, 4) is 0 Å². The monoisotopic (exact) mass is 560 g/mol. The molecule has 4 aromatic rings. The third-order valence-electron chi connectivity index (χ3n) is 5.95. The van der Waals surface area contributed by atoms with Crippen molar-refractivity contribution in [3.05, 3.63) is 114 Å². The molecule has 0 atom stereocenters. The Bertz CT molecular complexity index is 1540. The number of anilines is 2. The molecule has 0 saturated heterocycles. The molecule has 0 radical (unpaired) electrons. The number of para-hydroxylation sites is 1. The van der Waals surface area contributed by atoms with Crippen LogP contribution in [-0.4, -0.2) is 38.0 Å². The molecule has 3 aromatic carbocycles. The van der Waals surface area contributed by atoms with Gasteiger partial charge in [0.15, 0.2) is 0 Å². The fourth-order valence-corrected chi connectivity index (χ4v) is 5.79. The first-order chi connectivity index (χ1) is 18.8. The van der Waals surface area contributed by atoms with Crippen LogP contribution in [0.5, 0.6) is 0 Å². The SMILES string of the molecule is CCN(c1ccc(C(=O)Nc2ccccc2C(=O)NCc2cccnc2)cc1)S(=O)(=O)c1ccc(SC)cc1. The number of rotatable bonds is 10. The molecule has 0 aliphatic rings. The Morgan fingerprint density at radius 1 is 0.897 bits per heavy atom. The highest BCUT2D eigenvalue weighted by atomic mass is 32.2. The number of carbonyl (C=O) groups is 2. The predicted octanol–water partition coefficient (Wildman–Crippen LogP) is 5.20. The minimum Gasteiger partial charge on any atom is -0.348 e. The third-order valence-corrected chi connectivity index (χ3v) is 8.61. The van der Waals surface area contributed by atoms with E-state index in [1.54, 1.807) is 98.2 Å². The van der Waals surface area contributed by atoms with Gasteiger partial charge in [0.05, 0.1) is 21.8 Å². The molecular weight excluding hydrogens is 532 g/mol. The maximum absolute atomic E-state index is 13.3. The van der Waals surface area contributed by atoms with Crippen LogP contribution in [-0.2, 0) is 16.6 Å². The lowest BCUT2D eigenvalue weighted by atomic mass is 10.1. The number of carbonyl (C=O) groups excluding carboxylic acids is 2. The van der Waals surface area contributed by atoms with Gasteiger partial charge in [0.25, 0.3) is 21.8 Å². The molecule has 0 aliphatic carbocycles. The molecule has 4 rings (SSSR count). The number of thioether (sulfide) groups is 1. The van der Waals surface area contributed by atoms with Crippen molar-refractivity contribution in [1.29, 1.82) is 0 Å². The number of nitrogens with one attached hydrogen (secondary N) is 2. The minimum atomic E-state index is -3.78. The normalized spacial score (nSPS) is 11.0. The Morgan fingerprint density at radius 2 is 1.62 bits per heavy atom. The standard InChI is InChI=1S/C29H28N4O4S2/c1-3-33(39(36,37)25-16-14-24(38-2)15-17-25)23-12-10-22(11-13-23)28(34)32-27-9-5-4-8-26(27)29(35)31-20-21-7-6-18-30-19-21/h4-19H,3,20H2,1-2H3,(H,31,35)(H,32,34). The molecule has 200 valence electrons. The average Bonchev–Trinajstić information content (AvgIpc) is 2.97. The van der Waals surface area contributed by atoms with Gasteiger partial charge >= 0.3 is 0 Å². The van der Waals surface area contributed by atoms with Gasteiger partial charge in [0.1, 0.15) is 0 Å². The Hall–Kier alpha value is -4.15. The van der Waals surface area contributed by atoms with Gasteiger partial charge in [-0.3, -0.25) is 18.9 Å². The Morgan fingerprint density at radius 3 is 2.26 bits per heavy atom. The highest BCUT2D eigenvalue weighted by Crippen LogP contribution is 2.26. The number of aromatic nitrogens is 1. The maximum Gasteiger partial charge on any atom is 0.264 e. The molecule has 1 aromatic heterocycles. The summed E-state index contributed by atoms with van der Waals surface area (Å²) < 4.78 is 27.8. The zero-order chi connectivity index (χ0) is 27.8. The molecule has 10 heteroatoms. The quantitative estimate of drug-likeness (QED) is 0.258. The van der Waals surface area contributed by atoms with Crippen molar-refractivity contribution in [1.82, 2.24) is 10.3 Å². The topological polar surface area (TPSA) is 108 Å². The summed E-state index contributed by atoms with van der Waals surface area (Å²) in [5, 5.41) is 5.62. The number of sulfonamides is 1. The number of benzene rings is 3. The van der Waals surface area contributed by atoms with E-state index in [-0.39, 0.29) is 17.3 Å². The van der Waals surface area contributed by atoms with E-state index >= 15 is 0 Å². The maximum atomic E-state index is 13.3. The zero-order valence-electron chi connectivity index (χ0n) is 21.5. The average molecular weight is 561 g/mol. The summed E-state index contributed by atoms with van der Waals surface area (Å²) in [4.78, 5) is 31.0. The lowest BCUT2D eigenvalue weighted by molar-refractivity contribution is 0.0951. The molecule has 1 heterocycles. The van der Waals surface area contributed by atoms with E-state index < -0.39 is 15.9 Å². The molecule has 0 spiro atoms. The van der Waals surface area contributed by atoms with E-state index in [9.17, 15) is 18.0 Å². The van der Waals surface area contributed by atoms with Gasteiger partial charge in [-0.15, -0.1) is 11.8 Å². The second kappa shape index (κ2) is 12.6. The van der Waals surface area contributed by atoms with Crippen LogP contribution in [0, 0.1) is 0 Å². The van der Waals surface area contributed by atoms with E-state index in [4.69, 9.17) is 0 Å². The molecule has 0 bridgehead atoms. The van der Waals surface area contributed by atoms with Crippen LogP contribution >= 0.6 is 11.8 Å². The summed E-state index contributed by atoms with van der Waals surface area (Å²) in [5.74, 6) is -0.757. The number of hydrogen-bond acceptors (Lipinski definition) is 6. The van der Waals surface area contributed by atoms with E-state index in [1.165, 1.54) is 16.1 Å². The van der Waals surface area contributed by atoms with Crippen molar-refractivity contribution >= 4 is 45.0 Å². The molecule has 0 fully saturated rings. The van der Waals surface area contributed by atoms with Crippen molar-refractivity contribution < 1.29 is 18.0 Å². The molecule has 39 heavy (non-hydrogen) atoms. The molecule has 8 nitrogen and oxygen atoms in total. The molecule has 2 amide bonds. The summed E-state index contributed by atoms with van der Waals surface area (Å²) in [5.41, 5.74) is 2.30. The Labute approximate surface area is 232 Å². The molecule has 0 aliphatic heterocycles. The van der Waals surface area contributed by atoms with E-state index in [0.717, 1.165) is 10.5 Å². The Balaban J connectivity index is 1.47. The zero-order valence-corrected chi connectivity index (χ0v) is 23.1. The third kappa shape index (κ3) is 6.65. The van der Waals surface area contributed by atoms with Crippen molar-refractivity contribution in [2.75, 3.05) is 22.4 Å². The van der Waals surface area contributed by atoms with Crippen molar-refractivity contribution in [3.63, 3.8) is 0 Å². The summed E-state index contributed by atoms with van der Waals surface area (Å²) in [7, 11) is -3.78. The largest absolute Gasteiger partial charge is 0.348 e. The second-order valence-electron chi connectivity index (χ2n) is 8.44. The number of pyridine rings is 1. The van der Waals surface area contributed by atoms with E-state index in [2.05, 4.69) is 15.6 Å². The van der Waals surface area contributed by atoms with Crippen molar-refractivity contribution in [2.45, 2.75) is 23.3 Å². The first-order valence-corrected chi connectivity index (χ1v) is 14.8. The fraction of sp³-hybridized carbons (Fsp3) is 0.138. The Kier molecular flexibility index (Phi) is 9.00. The smallest absolute Gasteiger partial charge is 0.264 e. The first-order valence-electron chi connectivity index (χ1n) is 12.2. The van der Waals surface area contributed by atoms with Gasteiger partial charge in [0, 0.05) is 35.9 Å². The van der Waals surface area contributed by atoms with Crippen LogP contribution in [0.1, 0.15) is 33.2 Å². The molecule has 0 unspecified atom stereocenters. The van der Waals surface area contributed by atoms with Gasteiger partial charge in [-0.25, -0.2) is 8.42 Å². The van der Waals surface area contributed by atoms with Gasteiger partial charge in [-0.05, 0) is 85.5 Å². The van der Waals surface area contributed by atoms with Gasteiger partial charge in [-0.1, -0.05) is 18.2 Å². The van der Waals surface area contributed by atoms with Crippen LogP contribution in [0.25, 0.3) is 0 Å². The van der Waals surface area contributed by atoms with Gasteiger partial charge in [-0.2, -0.15) is 0 Å². The van der Waals surface area contributed by atoms with Crippen LogP contribution in [0.2, 0.25) is 0 Å². The van der Waals surface area contributed by atoms with Crippen molar-refractivity contribution in [2.24, 2.45) is 0 Å². The first kappa shape index (κ1) is 27.9. The van der Waals surface area contributed by atoms with Crippen LogP contribution in [0.15, 0.2) is 107 Å². The minimum absolute atomic E-state index is 0.197. The summed E-state index contributed by atoms with van der Waals surface area (Å²) in [6, 6.07) is 23.4. The van der Waals surface area contributed by atoms with Crippen LogP contribution in [0.3, 0.4) is 0 Å². The highest BCUT2D eigenvalue weighted by molar-refractivity contribution is 7.98. The molecule has 2 N–H and O–H groups in total. The molecule has 0 saturated carbocycles. The summed E-state index contributed by atoms with van der Waals surface area (Å²) in [6.45, 7) is 2.28. The fourth-order valence-electron chi connectivity index (χ4n) is 3.91. The van der Waals surface area contributed by atoms with Crippen LogP contribution < -0.4 is 14.9 Å². The van der Waals surface area contributed by atoms with E-state index in [1.807, 2.05) is 12.3 Å². The second-order valence-corrected chi connectivity index (χ2v) is 11.2.